The average Bonchev–Trinajstić information content (AvgIpc) is 3.35. The van der Waals surface area contributed by atoms with Gasteiger partial charge in [-0.3, -0.25) is 0 Å². The van der Waals surface area contributed by atoms with E-state index in [9.17, 15) is 0 Å². The number of benzene rings is 5. The molecule has 2 nitrogen and oxygen atoms in total. The van der Waals surface area contributed by atoms with E-state index in [0.29, 0.717) is 0 Å². The van der Waals surface area contributed by atoms with E-state index in [1.807, 2.05) is 17.4 Å². The maximum Gasteiger partial charge on any atom is 0.0972 e. The third kappa shape index (κ3) is 3.18. The molecule has 0 spiro atoms. The van der Waals surface area contributed by atoms with Crippen molar-refractivity contribution >= 4 is 64.0 Å². The first-order valence-electron chi connectivity index (χ1n) is 12.4. The minimum absolute atomic E-state index is 0.891. The van der Waals surface area contributed by atoms with Crippen LogP contribution in [-0.2, 0) is 0 Å². The van der Waals surface area contributed by atoms with Gasteiger partial charge in [-0.05, 0) is 46.5 Å². The monoisotopic (exact) mass is 488 g/mol. The number of rotatable bonds is 2. The van der Waals surface area contributed by atoms with Gasteiger partial charge in [0.25, 0.3) is 0 Å². The van der Waals surface area contributed by atoms with E-state index in [1.54, 1.807) is 0 Å². The summed E-state index contributed by atoms with van der Waals surface area (Å²) in [4.78, 5) is 10.2. The molecule has 8 aromatic rings. The maximum absolute atomic E-state index is 5.12. The molecule has 3 heterocycles. The number of thiophene rings is 1. The van der Waals surface area contributed by atoms with Crippen LogP contribution in [0.1, 0.15) is 0 Å². The Hall–Kier alpha value is -4.60. The molecule has 37 heavy (non-hydrogen) atoms. The number of para-hydroxylation sites is 1. The lowest BCUT2D eigenvalue weighted by Crippen LogP contribution is -1.93. The summed E-state index contributed by atoms with van der Waals surface area (Å²) in [5, 5.41) is 8.74. The summed E-state index contributed by atoms with van der Waals surface area (Å²) in [6, 6.07) is 42.9. The number of aromatic nitrogens is 2. The zero-order chi connectivity index (χ0) is 24.3. The summed E-state index contributed by atoms with van der Waals surface area (Å²) in [7, 11) is 0. The Kier molecular flexibility index (Phi) is 4.42. The molecule has 0 N–H and O–H groups in total. The number of fused-ring (bicyclic) bond motifs is 8. The fourth-order valence-electron chi connectivity index (χ4n) is 5.53. The Morgan fingerprint density at radius 2 is 1.22 bits per heavy atom. The minimum Gasteiger partial charge on any atom is -0.246 e. The highest BCUT2D eigenvalue weighted by Crippen LogP contribution is 2.40. The van der Waals surface area contributed by atoms with Crippen molar-refractivity contribution in [3.8, 4) is 22.6 Å². The Morgan fingerprint density at radius 1 is 0.459 bits per heavy atom. The second-order valence-corrected chi connectivity index (χ2v) is 10.5. The van der Waals surface area contributed by atoms with Gasteiger partial charge in [-0.25, -0.2) is 9.97 Å². The molecule has 0 bridgehead atoms. The molecule has 0 atom stereocenters. The second-order valence-electron chi connectivity index (χ2n) is 9.40. The van der Waals surface area contributed by atoms with E-state index >= 15 is 0 Å². The number of hydrogen-bond acceptors (Lipinski definition) is 3. The number of hydrogen-bond donors (Lipinski definition) is 0. The molecule has 0 amide bonds. The van der Waals surface area contributed by atoms with Crippen molar-refractivity contribution in [3.63, 3.8) is 0 Å². The number of pyridine rings is 2. The van der Waals surface area contributed by atoms with Gasteiger partial charge in [0.1, 0.15) is 0 Å². The van der Waals surface area contributed by atoms with Crippen LogP contribution in [0.15, 0.2) is 121 Å². The topological polar surface area (TPSA) is 25.8 Å². The third-order valence-corrected chi connectivity index (χ3v) is 8.38. The van der Waals surface area contributed by atoms with E-state index in [0.717, 1.165) is 33.5 Å². The van der Waals surface area contributed by atoms with Gasteiger partial charge in [0.05, 0.1) is 22.6 Å². The number of nitrogens with zero attached hydrogens (tertiary/aromatic N) is 2. The minimum atomic E-state index is 0.891. The summed E-state index contributed by atoms with van der Waals surface area (Å²) in [5.74, 6) is 0. The molecule has 8 rings (SSSR count). The molecule has 0 aliphatic carbocycles. The van der Waals surface area contributed by atoms with Gasteiger partial charge in [0.2, 0.25) is 0 Å². The SMILES string of the molecule is c1cc(-c2ccc3c(c2)sc2ccc4ccccc4c23)nc(-c2nc3ccccc3c3ccccc23)c1. The molecule has 3 heteroatoms. The van der Waals surface area contributed by atoms with Crippen molar-refractivity contribution in [1.82, 2.24) is 9.97 Å². The van der Waals surface area contributed by atoms with Crippen molar-refractivity contribution in [3.05, 3.63) is 121 Å². The first kappa shape index (κ1) is 20.6. The molecule has 0 aliphatic rings. The molecular formula is C34H20N2S. The Labute approximate surface area is 217 Å². The standard InChI is InChI=1S/C34H20N2S/c1-2-9-23-21(8-1)17-19-31-33(23)27-18-16-22(20-32(27)37-31)28-14-7-15-30(35-28)34-26-12-4-3-10-24(26)25-11-5-6-13-29(25)36-34/h1-20H. The van der Waals surface area contributed by atoms with E-state index in [1.165, 1.54) is 41.7 Å². The highest BCUT2D eigenvalue weighted by molar-refractivity contribution is 7.26. The maximum atomic E-state index is 5.12. The van der Waals surface area contributed by atoms with Crippen molar-refractivity contribution in [2.75, 3.05) is 0 Å². The molecule has 0 unspecified atom stereocenters. The highest BCUT2D eigenvalue weighted by Gasteiger charge is 2.14. The van der Waals surface area contributed by atoms with Gasteiger partial charge in [-0.2, -0.15) is 0 Å². The lowest BCUT2D eigenvalue weighted by Gasteiger charge is -2.10. The highest BCUT2D eigenvalue weighted by atomic mass is 32.1. The lowest BCUT2D eigenvalue weighted by atomic mass is 10.0. The summed E-state index contributed by atoms with van der Waals surface area (Å²) < 4.78 is 2.60. The second kappa shape index (κ2) is 7.95. The molecule has 0 fully saturated rings. The molecule has 5 aromatic carbocycles. The van der Waals surface area contributed by atoms with Gasteiger partial charge >= 0.3 is 0 Å². The van der Waals surface area contributed by atoms with Crippen molar-refractivity contribution in [2.24, 2.45) is 0 Å². The van der Waals surface area contributed by atoms with Crippen LogP contribution in [0.5, 0.6) is 0 Å². The van der Waals surface area contributed by atoms with Crippen LogP contribution in [0, 0.1) is 0 Å². The smallest absolute Gasteiger partial charge is 0.0972 e. The molecule has 0 aliphatic heterocycles. The van der Waals surface area contributed by atoms with Crippen LogP contribution in [-0.4, -0.2) is 9.97 Å². The van der Waals surface area contributed by atoms with Crippen LogP contribution in [0.3, 0.4) is 0 Å². The quantitative estimate of drug-likeness (QED) is 0.226. The summed E-state index contributed by atoms with van der Waals surface area (Å²) in [6.45, 7) is 0. The normalized spacial score (nSPS) is 11.8. The van der Waals surface area contributed by atoms with Crippen molar-refractivity contribution in [2.45, 2.75) is 0 Å². The van der Waals surface area contributed by atoms with Crippen LogP contribution in [0.25, 0.3) is 75.3 Å². The molecule has 3 aromatic heterocycles. The lowest BCUT2D eigenvalue weighted by molar-refractivity contribution is 1.29. The summed E-state index contributed by atoms with van der Waals surface area (Å²) in [5.41, 5.74) is 4.88. The molecular weight excluding hydrogens is 468 g/mol. The predicted molar refractivity (Wildman–Crippen MR) is 158 cm³/mol. The van der Waals surface area contributed by atoms with E-state index in [-0.39, 0.29) is 0 Å². The van der Waals surface area contributed by atoms with E-state index in [2.05, 4.69) is 115 Å². The van der Waals surface area contributed by atoms with Gasteiger partial charge in [-0.15, -0.1) is 11.3 Å². The van der Waals surface area contributed by atoms with Gasteiger partial charge in [0, 0.05) is 36.5 Å². The third-order valence-electron chi connectivity index (χ3n) is 7.26. The first-order chi connectivity index (χ1) is 18.3. The zero-order valence-electron chi connectivity index (χ0n) is 19.8. The molecule has 0 radical (unpaired) electrons. The average molecular weight is 489 g/mol. The van der Waals surface area contributed by atoms with Crippen LogP contribution < -0.4 is 0 Å². The van der Waals surface area contributed by atoms with Crippen LogP contribution in [0.4, 0.5) is 0 Å². The Bertz CT molecular complexity index is 2160. The Morgan fingerprint density at radius 3 is 2.14 bits per heavy atom. The van der Waals surface area contributed by atoms with Gasteiger partial charge < -0.3 is 0 Å². The van der Waals surface area contributed by atoms with Gasteiger partial charge in [0.15, 0.2) is 0 Å². The fourth-order valence-corrected chi connectivity index (χ4v) is 6.69. The first-order valence-corrected chi connectivity index (χ1v) is 13.2. The van der Waals surface area contributed by atoms with E-state index < -0.39 is 0 Å². The van der Waals surface area contributed by atoms with Crippen molar-refractivity contribution < 1.29 is 0 Å². The summed E-state index contributed by atoms with van der Waals surface area (Å²) >= 11 is 1.85. The zero-order valence-corrected chi connectivity index (χ0v) is 20.7. The van der Waals surface area contributed by atoms with E-state index in [4.69, 9.17) is 9.97 Å². The van der Waals surface area contributed by atoms with Crippen LogP contribution in [0.2, 0.25) is 0 Å². The largest absolute Gasteiger partial charge is 0.246 e. The predicted octanol–water partition coefficient (Wildman–Crippen LogP) is 9.64. The fraction of sp³-hybridized carbons (Fsp3) is 0. The molecule has 0 saturated heterocycles. The van der Waals surface area contributed by atoms with Crippen molar-refractivity contribution in [1.29, 1.82) is 0 Å². The van der Waals surface area contributed by atoms with Crippen LogP contribution >= 0.6 is 11.3 Å². The summed E-state index contributed by atoms with van der Waals surface area (Å²) in [6.07, 6.45) is 0. The Balaban J connectivity index is 1.31. The molecule has 0 saturated carbocycles. The molecule has 172 valence electrons. The van der Waals surface area contributed by atoms with Gasteiger partial charge in [-0.1, -0.05) is 91.0 Å².